The number of hydrogen-bond donors (Lipinski definition) is 2. The second-order valence-corrected chi connectivity index (χ2v) is 5.78. The van der Waals surface area contributed by atoms with Crippen molar-refractivity contribution >= 4 is 22.4 Å². The summed E-state index contributed by atoms with van der Waals surface area (Å²) >= 11 is 1.38. The quantitative estimate of drug-likeness (QED) is 0.829. The van der Waals surface area contributed by atoms with Crippen molar-refractivity contribution in [3.63, 3.8) is 0 Å². The normalized spacial score (nSPS) is 13.4. The first-order valence-electron chi connectivity index (χ1n) is 5.11. The number of carboxylic acids is 1. The van der Waals surface area contributed by atoms with Gasteiger partial charge in [-0.1, -0.05) is 32.1 Å². The molecule has 1 aromatic rings. The van der Waals surface area contributed by atoms with E-state index >= 15 is 0 Å². The van der Waals surface area contributed by atoms with Gasteiger partial charge in [-0.15, -0.1) is 10.2 Å². The third-order valence-corrected chi connectivity index (χ3v) is 2.59. The van der Waals surface area contributed by atoms with Crippen molar-refractivity contribution in [1.82, 2.24) is 10.2 Å². The van der Waals surface area contributed by atoms with Gasteiger partial charge in [0.15, 0.2) is 0 Å². The van der Waals surface area contributed by atoms with Gasteiger partial charge in [0.25, 0.3) is 0 Å². The maximum atomic E-state index is 10.8. The summed E-state index contributed by atoms with van der Waals surface area (Å²) in [7, 11) is 0. The lowest BCUT2D eigenvalue weighted by molar-refractivity contribution is -0.137. The van der Waals surface area contributed by atoms with Gasteiger partial charge in [-0.2, -0.15) is 0 Å². The van der Waals surface area contributed by atoms with Crippen LogP contribution >= 0.6 is 11.3 Å². The lowest BCUT2D eigenvalue weighted by Crippen LogP contribution is -2.28. The summed E-state index contributed by atoms with van der Waals surface area (Å²) in [5.41, 5.74) is 1.70. The van der Waals surface area contributed by atoms with Gasteiger partial charge in [0, 0.05) is 6.04 Å². The van der Waals surface area contributed by atoms with Crippen LogP contribution in [-0.4, -0.2) is 27.3 Å². The van der Waals surface area contributed by atoms with Crippen LogP contribution in [0.2, 0.25) is 0 Å². The number of rotatable bonds is 5. The molecule has 1 rings (SSSR count). The lowest BCUT2D eigenvalue weighted by Gasteiger charge is -2.25. The molecule has 90 valence electrons. The molecule has 0 amide bonds. The molecule has 1 aromatic heterocycles. The molecule has 0 bridgehead atoms. The second kappa shape index (κ2) is 5.25. The van der Waals surface area contributed by atoms with E-state index in [0.29, 0.717) is 5.13 Å². The van der Waals surface area contributed by atoms with Crippen molar-refractivity contribution in [2.75, 3.05) is 5.32 Å². The SMILES string of the molecule is CC(C)(C)CC(CC(=O)O)Nc1nncs1. The zero-order chi connectivity index (χ0) is 12.2. The van der Waals surface area contributed by atoms with Gasteiger partial charge >= 0.3 is 5.97 Å². The Kier molecular flexibility index (Phi) is 4.23. The zero-order valence-corrected chi connectivity index (χ0v) is 10.5. The molecule has 1 heterocycles. The molecule has 0 aliphatic rings. The Morgan fingerprint density at radius 2 is 2.31 bits per heavy atom. The minimum absolute atomic E-state index is 0.0812. The van der Waals surface area contributed by atoms with E-state index < -0.39 is 5.97 Å². The summed E-state index contributed by atoms with van der Waals surface area (Å²) in [5, 5.41) is 20.2. The Morgan fingerprint density at radius 3 is 2.75 bits per heavy atom. The highest BCUT2D eigenvalue weighted by Crippen LogP contribution is 2.24. The van der Waals surface area contributed by atoms with Crippen LogP contribution in [-0.2, 0) is 4.79 Å². The topological polar surface area (TPSA) is 75.1 Å². The molecule has 0 radical (unpaired) electrons. The molecule has 0 aliphatic heterocycles. The van der Waals surface area contributed by atoms with Gasteiger partial charge in [0.2, 0.25) is 5.13 Å². The van der Waals surface area contributed by atoms with Gasteiger partial charge < -0.3 is 10.4 Å². The molecule has 0 fully saturated rings. The van der Waals surface area contributed by atoms with E-state index in [1.165, 1.54) is 11.3 Å². The molecule has 5 nitrogen and oxygen atoms in total. The number of hydrogen-bond acceptors (Lipinski definition) is 5. The number of aliphatic carboxylic acids is 1. The summed E-state index contributed by atoms with van der Waals surface area (Å²) < 4.78 is 0. The Bertz CT molecular complexity index is 332. The van der Waals surface area contributed by atoms with Crippen molar-refractivity contribution in [2.45, 2.75) is 39.7 Å². The highest BCUT2D eigenvalue weighted by molar-refractivity contribution is 7.13. The van der Waals surface area contributed by atoms with E-state index in [9.17, 15) is 4.79 Å². The fourth-order valence-corrected chi connectivity index (χ4v) is 2.06. The van der Waals surface area contributed by atoms with Crippen LogP contribution in [0.15, 0.2) is 5.51 Å². The monoisotopic (exact) mass is 243 g/mol. The smallest absolute Gasteiger partial charge is 0.305 e. The van der Waals surface area contributed by atoms with Gasteiger partial charge in [0.1, 0.15) is 5.51 Å². The molecule has 16 heavy (non-hydrogen) atoms. The second-order valence-electron chi connectivity index (χ2n) is 4.95. The van der Waals surface area contributed by atoms with E-state index in [-0.39, 0.29) is 17.9 Å². The first-order valence-corrected chi connectivity index (χ1v) is 5.99. The molecular formula is C10H17N3O2S. The van der Waals surface area contributed by atoms with E-state index in [4.69, 9.17) is 5.11 Å². The Morgan fingerprint density at radius 1 is 1.62 bits per heavy atom. The highest BCUT2D eigenvalue weighted by Gasteiger charge is 2.21. The van der Waals surface area contributed by atoms with Crippen LogP contribution in [0, 0.1) is 5.41 Å². The Hall–Kier alpha value is -1.17. The molecule has 6 heteroatoms. The standard InChI is InChI=1S/C10H17N3O2S/c1-10(2,3)5-7(4-8(14)15)12-9-13-11-6-16-9/h6-7H,4-5H2,1-3H3,(H,12,13)(H,14,15). The number of carbonyl (C=O) groups is 1. The predicted octanol–water partition coefficient (Wildman–Crippen LogP) is 2.23. The largest absolute Gasteiger partial charge is 0.481 e. The van der Waals surface area contributed by atoms with E-state index in [0.717, 1.165) is 6.42 Å². The summed E-state index contributed by atoms with van der Waals surface area (Å²) in [6.45, 7) is 6.26. The summed E-state index contributed by atoms with van der Waals surface area (Å²) in [6, 6.07) is -0.106. The van der Waals surface area contributed by atoms with E-state index in [2.05, 4.69) is 36.3 Å². The molecule has 0 saturated heterocycles. The van der Waals surface area contributed by atoms with Gasteiger partial charge in [-0.05, 0) is 11.8 Å². The fraction of sp³-hybridized carbons (Fsp3) is 0.700. The molecule has 0 spiro atoms. The number of carboxylic acid groups (broad SMARTS) is 1. The number of anilines is 1. The number of aromatic nitrogens is 2. The average Bonchev–Trinajstić information content (AvgIpc) is 2.51. The molecule has 2 N–H and O–H groups in total. The minimum Gasteiger partial charge on any atom is -0.481 e. The van der Waals surface area contributed by atoms with Gasteiger partial charge in [-0.3, -0.25) is 4.79 Å². The van der Waals surface area contributed by atoms with Crippen molar-refractivity contribution in [3.8, 4) is 0 Å². The first kappa shape index (κ1) is 12.9. The van der Waals surface area contributed by atoms with Crippen LogP contribution in [0.3, 0.4) is 0 Å². The maximum Gasteiger partial charge on any atom is 0.305 e. The third-order valence-electron chi connectivity index (χ3n) is 1.97. The zero-order valence-electron chi connectivity index (χ0n) is 9.73. The summed E-state index contributed by atoms with van der Waals surface area (Å²) in [5.74, 6) is -0.800. The van der Waals surface area contributed by atoms with Crippen molar-refractivity contribution < 1.29 is 9.90 Å². The van der Waals surface area contributed by atoms with Crippen LogP contribution in [0.5, 0.6) is 0 Å². The highest BCUT2D eigenvalue weighted by atomic mass is 32.1. The molecular weight excluding hydrogens is 226 g/mol. The van der Waals surface area contributed by atoms with Crippen LogP contribution in [0.25, 0.3) is 0 Å². The average molecular weight is 243 g/mol. The van der Waals surface area contributed by atoms with E-state index in [1.54, 1.807) is 5.51 Å². The van der Waals surface area contributed by atoms with Crippen molar-refractivity contribution in [2.24, 2.45) is 5.41 Å². The lowest BCUT2D eigenvalue weighted by atomic mass is 9.87. The Balaban J connectivity index is 2.60. The molecule has 0 saturated carbocycles. The van der Waals surface area contributed by atoms with Crippen LogP contribution in [0.4, 0.5) is 5.13 Å². The molecule has 0 aromatic carbocycles. The molecule has 0 aliphatic carbocycles. The Labute approximate surface area is 98.9 Å². The van der Waals surface area contributed by atoms with Gasteiger partial charge in [0.05, 0.1) is 6.42 Å². The minimum atomic E-state index is -0.800. The summed E-state index contributed by atoms with van der Waals surface area (Å²) in [4.78, 5) is 10.8. The van der Waals surface area contributed by atoms with Crippen molar-refractivity contribution in [1.29, 1.82) is 0 Å². The number of nitrogens with zero attached hydrogens (tertiary/aromatic N) is 2. The molecule has 1 unspecified atom stereocenters. The van der Waals surface area contributed by atoms with Crippen LogP contribution < -0.4 is 5.32 Å². The number of nitrogens with one attached hydrogen (secondary N) is 1. The maximum absolute atomic E-state index is 10.8. The van der Waals surface area contributed by atoms with Gasteiger partial charge in [-0.25, -0.2) is 0 Å². The van der Waals surface area contributed by atoms with Crippen LogP contribution in [0.1, 0.15) is 33.6 Å². The predicted molar refractivity (Wildman–Crippen MR) is 63.6 cm³/mol. The van der Waals surface area contributed by atoms with Crippen molar-refractivity contribution in [3.05, 3.63) is 5.51 Å². The fourth-order valence-electron chi connectivity index (χ4n) is 1.53. The summed E-state index contributed by atoms with van der Waals surface area (Å²) in [6.07, 6.45) is 0.871. The first-order chi connectivity index (χ1) is 7.37. The third kappa shape index (κ3) is 5.06. The van der Waals surface area contributed by atoms with E-state index in [1.807, 2.05) is 0 Å². The molecule has 1 atom stereocenters.